The summed E-state index contributed by atoms with van der Waals surface area (Å²) in [6.07, 6.45) is 0. The van der Waals surface area contributed by atoms with E-state index in [1.165, 1.54) is 62.4 Å². The lowest BCUT2D eigenvalue weighted by Crippen LogP contribution is -2.23. The summed E-state index contributed by atoms with van der Waals surface area (Å²) in [6, 6.07) is 8.46. The molecule has 10 heteroatoms. The van der Waals surface area contributed by atoms with Crippen LogP contribution in [0.25, 0.3) is 5.69 Å². The second-order valence-corrected chi connectivity index (χ2v) is 6.78. The summed E-state index contributed by atoms with van der Waals surface area (Å²) in [5.74, 6) is 0.0615. The number of nitrogens with one attached hydrogen (secondary N) is 2. The Morgan fingerprint density at radius 2 is 1.66 bits per heavy atom. The third-order valence-corrected chi connectivity index (χ3v) is 4.77. The molecule has 2 N–H and O–H groups in total. The Balaban J connectivity index is 1.89. The molecule has 1 amide bonds. The number of rotatable bonds is 7. The zero-order chi connectivity index (χ0) is 23.4. The molecule has 0 aliphatic heterocycles. The molecule has 3 rings (SSSR count). The average Bonchev–Trinajstić information content (AvgIpc) is 3.10. The van der Waals surface area contributed by atoms with E-state index >= 15 is 0 Å². The van der Waals surface area contributed by atoms with Crippen LogP contribution in [0.4, 0.5) is 4.39 Å². The van der Waals surface area contributed by atoms with E-state index < -0.39 is 11.7 Å². The zero-order valence-electron chi connectivity index (χ0n) is 18.3. The number of carbonyl (C=O) groups excluding carboxylic acids is 1. The highest BCUT2D eigenvalue weighted by Gasteiger charge is 2.18. The van der Waals surface area contributed by atoms with E-state index in [4.69, 9.17) is 14.2 Å². The number of amides is 1. The Bertz CT molecular complexity index is 1200. The van der Waals surface area contributed by atoms with Gasteiger partial charge in [-0.3, -0.25) is 14.7 Å². The van der Waals surface area contributed by atoms with Gasteiger partial charge in [0, 0.05) is 11.3 Å². The van der Waals surface area contributed by atoms with Crippen molar-refractivity contribution in [2.24, 2.45) is 5.10 Å². The second-order valence-electron chi connectivity index (χ2n) is 6.78. The molecule has 0 saturated carbocycles. The van der Waals surface area contributed by atoms with Crippen molar-refractivity contribution in [3.8, 4) is 22.9 Å². The number of hydrazone groups is 1. The monoisotopic (exact) mass is 442 g/mol. The van der Waals surface area contributed by atoms with Crippen molar-refractivity contribution in [1.29, 1.82) is 0 Å². The van der Waals surface area contributed by atoms with Crippen LogP contribution in [0.1, 0.15) is 28.5 Å². The fourth-order valence-electron chi connectivity index (χ4n) is 3.21. The normalized spacial score (nSPS) is 11.2. The highest BCUT2D eigenvalue weighted by molar-refractivity contribution is 6.01. The first-order valence-corrected chi connectivity index (χ1v) is 9.53. The zero-order valence-corrected chi connectivity index (χ0v) is 18.3. The molecule has 0 spiro atoms. The minimum atomic E-state index is -0.532. The quantitative estimate of drug-likeness (QED) is 0.432. The lowest BCUT2D eigenvalue weighted by atomic mass is 10.1. The highest BCUT2D eigenvalue weighted by atomic mass is 19.1. The Morgan fingerprint density at radius 3 is 2.19 bits per heavy atom. The van der Waals surface area contributed by atoms with Gasteiger partial charge in [-0.15, -0.1) is 0 Å². The number of ether oxygens (including phenoxy) is 3. The molecule has 1 heterocycles. The maximum atomic E-state index is 13.2. The van der Waals surface area contributed by atoms with Gasteiger partial charge < -0.3 is 14.2 Å². The molecule has 0 aliphatic rings. The molecular weight excluding hydrogens is 419 g/mol. The second kappa shape index (κ2) is 9.38. The maximum absolute atomic E-state index is 13.2. The summed E-state index contributed by atoms with van der Waals surface area (Å²) < 4.78 is 30.2. The summed E-state index contributed by atoms with van der Waals surface area (Å²) in [4.78, 5) is 25.5. The molecular formula is C22H23FN4O5. The van der Waals surface area contributed by atoms with Crippen LogP contribution in [0.2, 0.25) is 0 Å². The third-order valence-electron chi connectivity index (χ3n) is 4.77. The lowest BCUT2D eigenvalue weighted by Gasteiger charge is -2.13. The van der Waals surface area contributed by atoms with E-state index in [2.05, 4.69) is 15.6 Å². The van der Waals surface area contributed by atoms with E-state index in [0.29, 0.717) is 39.9 Å². The number of aromatic nitrogens is 2. The Labute approximate surface area is 183 Å². The van der Waals surface area contributed by atoms with Crippen LogP contribution in [0, 0.1) is 12.7 Å². The Kier molecular flexibility index (Phi) is 6.62. The first-order chi connectivity index (χ1) is 15.3. The topological polar surface area (TPSA) is 107 Å². The van der Waals surface area contributed by atoms with Crippen LogP contribution in [0.3, 0.4) is 0 Å². The van der Waals surface area contributed by atoms with Gasteiger partial charge in [0.1, 0.15) is 5.82 Å². The van der Waals surface area contributed by atoms with Gasteiger partial charge in [-0.25, -0.2) is 14.5 Å². The molecule has 0 fully saturated rings. The van der Waals surface area contributed by atoms with Crippen molar-refractivity contribution in [3.63, 3.8) is 0 Å². The summed E-state index contributed by atoms with van der Waals surface area (Å²) >= 11 is 0. The molecule has 2 aromatic carbocycles. The van der Waals surface area contributed by atoms with Gasteiger partial charge in [-0.2, -0.15) is 5.10 Å². The number of benzene rings is 2. The summed E-state index contributed by atoms with van der Waals surface area (Å²) in [7, 11) is 4.36. The van der Waals surface area contributed by atoms with Crippen LogP contribution >= 0.6 is 0 Å². The molecule has 0 bridgehead atoms. The van der Waals surface area contributed by atoms with Gasteiger partial charge in [0.25, 0.3) is 11.5 Å². The van der Waals surface area contributed by atoms with Crippen molar-refractivity contribution in [3.05, 3.63) is 69.4 Å². The maximum Gasteiger partial charge on any atom is 0.280 e. The Hall–Kier alpha value is -4.08. The molecule has 3 aromatic rings. The number of aromatic amines is 1. The standard InChI is InChI=1S/C22H23FN4O5/c1-12(19-13(2)26-27(22(19)29)16-8-6-15(23)7-9-16)24-25-21(28)14-10-17(30-3)20(32-5)18(11-14)31-4/h6-11,26H,1-5H3,(H,25,28). The van der Waals surface area contributed by atoms with E-state index in [9.17, 15) is 14.0 Å². The molecule has 0 unspecified atom stereocenters. The van der Waals surface area contributed by atoms with Crippen molar-refractivity contribution in [2.45, 2.75) is 13.8 Å². The van der Waals surface area contributed by atoms with Gasteiger partial charge in [-0.1, -0.05) is 0 Å². The van der Waals surface area contributed by atoms with Crippen molar-refractivity contribution in [1.82, 2.24) is 15.2 Å². The number of halogens is 1. The number of nitrogens with zero attached hydrogens (tertiary/aromatic N) is 2. The molecule has 0 saturated heterocycles. The number of methoxy groups -OCH3 is 3. The van der Waals surface area contributed by atoms with Crippen molar-refractivity contribution >= 4 is 11.6 Å². The lowest BCUT2D eigenvalue weighted by molar-refractivity contribution is 0.0954. The van der Waals surface area contributed by atoms with Crippen molar-refractivity contribution < 1.29 is 23.4 Å². The fraction of sp³-hybridized carbons (Fsp3) is 0.227. The fourth-order valence-corrected chi connectivity index (χ4v) is 3.21. The number of carbonyl (C=O) groups is 1. The SMILES string of the molecule is COc1cc(C(=O)NN=C(C)c2c(C)[nH]n(-c3ccc(F)cc3)c2=O)cc(OC)c1OC. The van der Waals surface area contributed by atoms with E-state index in [-0.39, 0.29) is 11.1 Å². The summed E-state index contributed by atoms with van der Waals surface area (Å²) in [5.41, 5.74) is 3.89. The highest BCUT2D eigenvalue weighted by Crippen LogP contribution is 2.38. The number of aryl methyl sites for hydroxylation is 1. The summed E-state index contributed by atoms with van der Waals surface area (Å²) in [5, 5.41) is 7.01. The van der Waals surface area contributed by atoms with Crippen LogP contribution in [-0.2, 0) is 0 Å². The minimum absolute atomic E-state index is 0.227. The van der Waals surface area contributed by atoms with Crippen molar-refractivity contribution in [2.75, 3.05) is 21.3 Å². The van der Waals surface area contributed by atoms with Crippen LogP contribution in [0.15, 0.2) is 46.3 Å². The van der Waals surface area contributed by atoms with Crippen LogP contribution < -0.4 is 25.2 Å². The molecule has 9 nitrogen and oxygen atoms in total. The van der Waals surface area contributed by atoms with E-state index in [1.807, 2.05) is 0 Å². The van der Waals surface area contributed by atoms with Gasteiger partial charge in [0.15, 0.2) is 11.5 Å². The van der Waals surface area contributed by atoms with E-state index in [1.54, 1.807) is 13.8 Å². The minimum Gasteiger partial charge on any atom is -0.493 e. The summed E-state index contributed by atoms with van der Waals surface area (Å²) in [6.45, 7) is 3.30. The largest absolute Gasteiger partial charge is 0.493 e. The van der Waals surface area contributed by atoms with Gasteiger partial charge in [0.05, 0.1) is 38.3 Å². The molecule has 32 heavy (non-hydrogen) atoms. The number of H-pyrrole nitrogens is 1. The predicted molar refractivity (Wildman–Crippen MR) is 117 cm³/mol. The number of hydrogen-bond acceptors (Lipinski definition) is 6. The smallest absolute Gasteiger partial charge is 0.280 e. The van der Waals surface area contributed by atoms with Crippen LogP contribution in [0.5, 0.6) is 17.2 Å². The molecule has 0 aliphatic carbocycles. The molecule has 1 aromatic heterocycles. The van der Waals surface area contributed by atoms with Gasteiger partial charge >= 0.3 is 0 Å². The third kappa shape index (κ3) is 4.34. The first-order valence-electron chi connectivity index (χ1n) is 9.53. The number of hydrogen-bond donors (Lipinski definition) is 2. The first kappa shape index (κ1) is 22.6. The predicted octanol–water partition coefficient (Wildman–Crippen LogP) is 2.79. The molecule has 168 valence electrons. The molecule has 0 atom stereocenters. The Morgan fingerprint density at radius 1 is 1.06 bits per heavy atom. The average molecular weight is 442 g/mol. The van der Waals surface area contributed by atoms with Gasteiger partial charge in [-0.05, 0) is 50.2 Å². The van der Waals surface area contributed by atoms with Gasteiger partial charge in [0.2, 0.25) is 5.75 Å². The van der Waals surface area contributed by atoms with Crippen LogP contribution in [-0.4, -0.2) is 42.7 Å². The molecule has 0 radical (unpaired) electrons. The van der Waals surface area contributed by atoms with E-state index in [0.717, 1.165) is 0 Å².